The lowest BCUT2D eigenvalue weighted by molar-refractivity contribution is -0.150. The van der Waals surface area contributed by atoms with E-state index in [2.05, 4.69) is 30.5 Å². The molecule has 2 aliphatic rings. The Morgan fingerprint density at radius 3 is 2.65 bits per heavy atom. The predicted molar refractivity (Wildman–Crippen MR) is 183 cm³/mol. The Balaban J connectivity index is 1.19. The number of carbonyl (C=O) groups is 4. The molecule has 1 aromatic carbocycles. The number of rotatable bonds is 11. The summed E-state index contributed by atoms with van der Waals surface area (Å²) in [6.45, 7) is 1.30. The molecule has 8 N–H and O–H groups in total. The van der Waals surface area contributed by atoms with Crippen molar-refractivity contribution in [3.8, 4) is 11.5 Å². The summed E-state index contributed by atoms with van der Waals surface area (Å²) in [6.07, 6.45) is 0. The maximum absolute atomic E-state index is 13.5. The normalized spacial score (nSPS) is 17.3. The molecule has 0 bridgehead atoms. The van der Waals surface area contributed by atoms with Crippen molar-refractivity contribution >= 4 is 98.4 Å². The number of hydrogen-bond acceptors (Lipinski definition) is 17. The first-order valence-corrected chi connectivity index (χ1v) is 17.8. The van der Waals surface area contributed by atoms with Gasteiger partial charge in [0.25, 0.3) is 17.6 Å². The lowest BCUT2D eigenvalue weighted by Crippen LogP contribution is -2.71. The van der Waals surface area contributed by atoms with Crippen molar-refractivity contribution in [2.45, 2.75) is 30.0 Å². The number of aliphatic carboxylic acids is 1. The zero-order valence-electron chi connectivity index (χ0n) is 25.5. The molecule has 5 heterocycles. The van der Waals surface area contributed by atoms with Gasteiger partial charge >= 0.3 is 11.9 Å². The van der Waals surface area contributed by atoms with Gasteiger partial charge in [0.1, 0.15) is 34.4 Å². The van der Waals surface area contributed by atoms with Crippen LogP contribution in [0.25, 0.3) is 5.78 Å². The minimum absolute atomic E-state index is 0.0231. The van der Waals surface area contributed by atoms with E-state index in [0.29, 0.717) is 16.3 Å². The van der Waals surface area contributed by atoms with Crippen LogP contribution in [0.2, 0.25) is 10.0 Å². The number of anilines is 1. The summed E-state index contributed by atoms with van der Waals surface area (Å²) in [5.74, 6) is -5.10. The Morgan fingerprint density at radius 2 is 1.96 bits per heavy atom. The number of nitrogens with two attached hydrogens (primary N) is 1. The molecular formula is C27H22Cl2N10O9S3. The summed E-state index contributed by atoms with van der Waals surface area (Å²) in [5, 5.41) is 50.1. The number of phenols is 2. The van der Waals surface area contributed by atoms with Crippen molar-refractivity contribution in [2.24, 2.45) is 5.16 Å². The third-order valence-corrected chi connectivity index (χ3v) is 11.0. The van der Waals surface area contributed by atoms with Crippen LogP contribution in [-0.2, 0) is 25.8 Å². The maximum atomic E-state index is 13.5. The number of carbonyl (C=O) groups excluding carboxylic acids is 3. The number of phenolic OH excluding ortho intramolecular Hbond substituents is 2. The number of aromatic hydroxyl groups is 2. The average molecular weight is 798 g/mol. The zero-order chi connectivity index (χ0) is 36.7. The van der Waals surface area contributed by atoms with Crippen LogP contribution in [-0.4, -0.2) is 102 Å². The Morgan fingerprint density at radius 1 is 1.20 bits per heavy atom. The van der Waals surface area contributed by atoms with Gasteiger partial charge in [-0.25, -0.2) is 20.2 Å². The molecule has 3 aromatic heterocycles. The quantitative estimate of drug-likeness (QED) is 0.0217. The summed E-state index contributed by atoms with van der Waals surface area (Å²) in [6, 6.07) is 1.76. The number of aryl methyl sites for hydroxylation is 1. The lowest BCUT2D eigenvalue weighted by Gasteiger charge is -2.49. The van der Waals surface area contributed by atoms with Crippen LogP contribution in [0.4, 0.5) is 5.13 Å². The van der Waals surface area contributed by atoms with Gasteiger partial charge in [-0.2, -0.15) is 9.50 Å². The summed E-state index contributed by atoms with van der Waals surface area (Å²) in [5.41, 5.74) is 7.72. The lowest BCUT2D eigenvalue weighted by atomic mass is 10.0. The van der Waals surface area contributed by atoms with Gasteiger partial charge in [-0.15, -0.1) is 40.0 Å². The topological polar surface area (TPSA) is 280 Å². The maximum Gasteiger partial charge on any atom is 0.352 e. The minimum atomic E-state index is -1.35. The van der Waals surface area contributed by atoms with Crippen LogP contribution in [0.1, 0.15) is 27.6 Å². The highest BCUT2D eigenvalue weighted by molar-refractivity contribution is 8.01. The smallest absolute Gasteiger partial charge is 0.352 e. The highest BCUT2D eigenvalue weighted by atomic mass is 35.5. The SMILES string of the molecule is Cc1cc(SCC2=C(C(=O)O)N3C(=O)[C@@H](NC(=O)C(=NOCc4cc(Cl)c(O)c(O)c4Cl)c4csc(N)n4)[C@H]3SC2)n2nc(C(=O)NO)nc2n1. The minimum Gasteiger partial charge on any atom is -0.503 e. The number of carboxylic acid groups (broad SMARTS) is 1. The van der Waals surface area contributed by atoms with E-state index in [1.807, 2.05) is 0 Å². The molecule has 3 amide bonds. The van der Waals surface area contributed by atoms with Crippen LogP contribution >= 0.6 is 58.1 Å². The van der Waals surface area contributed by atoms with Crippen LogP contribution < -0.4 is 16.5 Å². The molecule has 2 atom stereocenters. The first-order valence-electron chi connectivity index (χ1n) is 14.1. The van der Waals surface area contributed by atoms with Crippen LogP contribution in [0.15, 0.2) is 39.0 Å². The molecule has 0 unspecified atom stereocenters. The average Bonchev–Trinajstić information content (AvgIpc) is 3.74. The number of halogens is 2. The second-order valence-electron chi connectivity index (χ2n) is 10.5. The number of fused-ring (bicyclic) bond motifs is 2. The van der Waals surface area contributed by atoms with Gasteiger partial charge in [0, 0.05) is 28.1 Å². The van der Waals surface area contributed by atoms with Gasteiger partial charge in [0.15, 0.2) is 22.3 Å². The number of thioether (sulfide) groups is 2. The molecule has 0 aliphatic carbocycles. The van der Waals surface area contributed by atoms with Crippen LogP contribution in [0.3, 0.4) is 0 Å². The zero-order valence-corrected chi connectivity index (χ0v) is 29.5. The van der Waals surface area contributed by atoms with E-state index in [0.717, 1.165) is 16.2 Å². The summed E-state index contributed by atoms with van der Waals surface area (Å²) in [4.78, 5) is 69.9. The third kappa shape index (κ3) is 6.92. The number of nitrogens with zero attached hydrogens (tertiary/aromatic N) is 7. The standard InChI is InChI=1S/C27H22Cl2N10O9S3/c1-8-2-13(39-27(31-8)34-20(35-39)22(43)36-47)49-5-10-6-50-24-16(23(44)38(24)17(10)25(45)46)33-21(42)15(12-7-51-26(30)32-12)37-48-4-9-3-11(28)18(40)19(41)14(9)29/h2-3,7,16,24,40-41,47H,4-6H2,1H3,(H2,30,32)(H,33,42)(H,36,43)(H,45,46)/t16-,24-/m1/s1. The predicted octanol–water partition coefficient (Wildman–Crippen LogP) is 1.76. The van der Waals surface area contributed by atoms with Gasteiger partial charge < -0.3 is 31.2 Å². The molecule has 1 fully saturated rings. The molecule has 4 aromatic rings. The van der Waals surface area contributed by atoms with Crippen molar-refractivity contribution in [3.63, 3.8) is 0 Å². The molecule has 6 rings (SSSR count). The highest BCUT2D eigenvalue weighted by Gasteiger charge is 2.54. The second-order valence-corrected chi connectivity index (χ2v) is 14.3. The summed E-state index contributed by atoms with van der Waals surface area (Å²) in [7, 11) is 0. The number of benzene rings is 1. The van der Waals surface area contributed by atoms with Gasteiger partial charge in [-0.05, 0) is 24.6 Å². The second kappa shape index (κ2) is 14.4. The van der Waals surface area contributed by atoms with E-state index in [1.165, 1.54) is 45.0 Å². The van der Waals surface area contributed by atoms with E-state index >= 15 is 0 Å². The van der Waals surface area contributed by atoms with Gasteiger partial charge in [-0.1, -0.05) is 28.4 Å². The number of hydrogen-bond donors (Lipinski definition) is 7. The van der Waals surface area contributed by atoms with Gasteiger partial charge in [0.05, 0.1) is 10.0 Å². The van der Waals surface area contributed by atoms with Gasteiger partial charge in [-0.3, -0.25) is 24.5 Å². The Labute approximate surface area is 307 Å². The fourth-order valence-corrected chi connectivity index (χ4v) is 8.40. The van der Waals surface area contributed by atoms with Crippen molar-refractivity contribution in [1.29, 1.82) is 0 Å². The van der Waals surface area contributed by atoms with Crippen molar-refractivity contribution < 1.29 is 44.5 Å². The Kier molecular flexibility index (Phi) is 10.1. The molecule has 51 heavy (non-hydrogen) atoms. The summed E-state index contributed by atoms with van der Waals surface area (Å²) < 4.78 is 1.28. The van der Waals surface area contributed by atoms with E-state index in [-0.39, 0.29) is 61.0 Å². The fraction of sp³-hybridized carbons (Fsp3) is 0.222. The van der Waals surface area contributed by atoms with Crippen LogP contribution in [0, 0.1) is 6.92 Å². The number of amides is 3. The number of nitrogens with one attached hydrogen (secondary N) is 2. The van der Waals surface area contributed by atoms with E-state index in [4.69, 9.17) is 39.0 Å². The largest absolute Gasteiger partial charge is 0.503 e. The Bertz CT molecular complexity index is 2190. The molecule has 0 saturated carbocycles. The molecular weight excluding hydrogens is 775 g/mol. The number of carboxylic acids is 1. The number of thiazole rings is 1. The number of nitrogen functional groups attached to an aromatic ring is 1. The first kappa shape index (κ1) is 35.9. The monoisotopic (exact) mass is 796 g/mol. The molecule has 0 radical (unpaired) electrons. The van der Waals surface area contributed by atoms with Crippen molar-refractivity contribution in [1.82, 2.24) is 40.3 Å². The molecule has 19 nitrogen and oxygen atoms in total. The molecule has 266 valence electrons. The number of oxime groups is 1. The number of β-lactam (4-membered cyclic amide) rings is 1. The molecule has 0 spiro atoms. The summed E-state index contributed by atoms with van der Waals surface area (Å²) >= 11 is 15.4. The van der Waals surface area contributed by atoms with E-state index in [9.17, 15) is 34.5 Å². The molecule has 2 aliphatic heterocycles. The Hall–Kier alpha value is -4.87. The van der Waals surface area contributed by atoms with Crippen molar-refractivity contribution in [2.75, 3.05) is 17.2 Å². The van der Waals surface area contributed by atoms with Crippen LogP contribution in [0.5, 0.6) is 11.5 Å². The van der Waals surface area contributed by atoms with E-state index in [1.54, 1.807) is 13.0 Å². The highest BCUT2D eigenvalue weighted by Crippen LogP contribution is 2.43. The first-order chi connectivity index (χ1) is 24.3. The molecule has 24 heteroatoms. The number of aromatic nitrogens is 5. The van der Waals surface area contributed by atoms with Gasteiger partial charge in [0.2, 0.25) is 5.82 Å². The number of hydroxylamine groups is 1. The van der Waals surface area contributed by atoms with E-state index < -0.39 is 53.2 Å². The molecule has 1 saturated heterocycles. The fourth-order valence-electron chi connectivity index (χ4n) is 4.89. The third-order valence-electron chi connectivity index (χ3n) is 7.24. The van der Waals surface area contributed by atoms with Crippen molar-refractivity contribution in [3.05, 3.63) is 61.6 Å².